The molecule has 2 aromatic rings. The molecule has 5 heteroatoms. The Kier molecular flexibility index (Phi) is 3.87. The summed E-state index contributed by atoms with van der Waals surface area (Å²) < 4.78 is 9.14. The number of fused-ring (bicyclic) bond motifs is 1. The zero-order chi connectivity index (χ0) is 15.0. The summed E-state index contributed by atoms with van der Waals surface area (Å²) in [5.41, 5.74) is 3.18. The molecule has 21 heavy (non-hydrogen) atoms. The average molecular weight is 289 g/mol. The van der Waals surface area contributed by atoms with Crippen molar-refractivity contribution in [2.24, 2.45) is 14.1 Å². The largest absolute Gasteiger partial charge is 0.378 e. The van der Waals surface area contributed by atoms with Crippen LogP contribution in [0.4, 0.5) is 0 Å². The summed E-state index contributed by atoms with van der Waals surface area (Å²) in [5.74, 6) is 0. The summed E-state index contributed by atoms with van der Waals surface area (Å²) in [4.78, 5) is 12.0. The molecular formula is C16H23N3O2. The lowest BCUT2D eigenvalue weighted by Crippen LogP contribution is -2.22. The smallest absolute Gasteiger partial charge is 0.328 e. The van der Waals surface area contributed by atoms with E-state index in [-0.39, 0.29) is 11.7 Å². The number of hydrogen-bond acceptors (Lipinski definition) is 3. The maximum atomic E-state index is 12.0. The first-order chi connectivity index (χ1) is 10.1. The van der Waals surface area contributed by atoms with E-state index in [4.69, 9.17) is 4.74 Å². The predicted octanol–water partition coefficient (Wildman–Crippen LogP) is 1.71. The van der Waals surface area contributed by atoms with Crippen LogP contribution in [0, 0.1) is 0 Å². The summed E-state index contributed by atoms with van der Waals surface area (Å²) in [6.07, 6.45) is 3.62. The van der Waals surface area contributed by atoms with Crippen molar-refractivity contribution in [3.05, 3.63) is 34.2 Å². The molecule has 1 aromatic heterocycles. The van der Waals surface area contributed by atoms with Crippen molar-refractivity contribution in [1.29, 1.82) is 0 Å². The first kappa shape index (κ1) is 14.4. The van der Waals surface area contributed by atoms with Gasteiger partial charge < -0.3 is 10.1 Å². The highest BCUT2D eigenvalue weighted by Crippen LogP contribution is 2.26. The molecule has 0 saturated carbocycles. The first-order valence-corrected chi connectivity index (χ1v) is 7.56. The Bertz CT molecular complexity index is 695. The number of benzene rings is 1. The number of nitrogens with zero attached hydrogens (tertiary/aromatic N) is 2. The zero-order valence-corrected chi connectivity index (χ0v) is 12.9. The second-order valence-corrected chi connectivity index (χ2v) is 5.86. The van der Waals surface area contributed by atoms with Crippen LogP contribution in [-0.2, 0) is 18.8 Å². The number of ether oxygens (including phenoxy) is 1. The zero-order valence-electron chi connectivity index (χ0n) is 12.9. The number of imidazole rings is 1. The minimum Gasteiger partial charge on any atom is -0.378 e. The fourth-order valence-electron chi connectivity index (χ4n) is 3.25. The van der Waals surface area contributed by atoms with Gasteiger partial charge in [-0.3, -0.25) is 9.13 Å². The second-order valence-electron chi connectivity index (χ2n) is 5.86. The number of aromatic nitrogens is 2. The molecule has 0 amide bonds. The van der Waals surface area contributed by atoms with Gasteiger partial charge in [-0.05, 0) is 44.0 Å². The van der Waals surface area contributed by atoms with E-state index in [2.05, 4.69) is 17.4 Å². The van der Waals surface area contributed by atoms with Gasteiger partial charge in [0, 0.05) is 26.7 Å². The van der Waals surface area contributed by atoms with E-state index in [1.54, 1.807) is 9.13 Å². The van der Waals surface area contributed by atoms with Gasteiger partial charge in [-0.25, -0.2) is 4.79 Å². The van der Waals surface area contributed by atoms with Gasteiger partial charge in [0.1, 0.15) is 0 Å². The van der Waals surface area contributed by atoms with Crippen molar-refractivity contribution < 1.29 is 4.74 Å². The minimum absolute atomic E-state index is 0.0160. The van der Waals surface area contributed by atoms with E-state index in [0.29, 0.717) is 6.10 Å². The van der Waals surface area contributed by atoms with Gasteiger partial charge in [0.25, 0.3) is 0 Å². The average Bonchev–Trinajstić information content (AvgIpc) is 3.09. The van der Waals surface area contributed by atoms with Crippen molar-refractivity contribution in [3.8, 4) is 0 Å². The summed E-state index contributed by atoms with van der Waals surface area (Å²) in [6.45, 7) is 0.882. The molecule has 5 nitrogen and oxygen atoms in total. The number of aryl methyl sites for hydroxylation is 2. The van der Waals surface area contributed by atoms with Crippen molar-refractivity contribution in [2.75, 3.05) is 13.7 Å². The fraction of sp³-hybridized carbons (Fsp3) is 0.562. The van der Waals surface area contributed by atoms with Gasteiger partial charge in [0.2, 0.25) is 0 Å². The Morgan fingerprint density at radius 3 is 2.76 bits per heavy atom. The Morgan fingerprint density at radius 1 is 1.33 bits per heavy atom. The molecule has 1 aromatic carbocycles. The van der Waals surface area contributed by atoms with Gasteiger partial charge in [-0.15, -0.1) is 0 Å². The molecule has 0 aliphatic carbocycles. The highest BCUT2D eigenvalue weighted by Gasteiger charge is 2.21. The van der Waals surface area contributed by atoms with Gasteiger partial charge in [0.15, 0.2) is 0 Å². The van der Waals surface area contributed by atoms with Crippen molar-refractivity contribution in [1.82, 2.24) is 14.5 Å². The topological polar surface area (TPSA) is 48.2 Å². The molecule has 1 N–H and O–H groups in total. The molecular weight excluding hydrogens is 266 g/mol. The van der Waals surface area contributed by atoms with Gasteiger partial charge in [-0.1, -0.05) is 6.07 Å². The SMILES string of the molecule is CNC(CC1CCCO1)c1ccc2c(c1)n(C)c(=O)n2C. The van der Waals surface area contributed by atoms with E-state index in [9.17, 15) is 4.79 Å². The Labute approximate surface area is 124 Å². The number of hydrogen-bond donors (Lipinski definition) is 1. The van der Waals surface area contributed by atoms with Crippen LogP contribution in [0.15, 0.2) is 23.0 Å². The molecule has 114 valence electrons. The lowest BCUT2D eigenvalue weighted by atomic mass is 9.99. The van der Waals surface area contributed by atoms with Crippen LogP contribution < -0.4 is 11.0 Å². The number of rotatable bonds is 4. The Morgan fingerprint density at radius 2 is 2.10 bits per heavy atom. The third-order valence-corrected chi connectivity index (χ3v) is 4.57. The molecule has 2 heterocycles. The third kappa shape index (κ3) is 2.51. The van der Waals surface area contributed by atoms with Crippen LogP contribution in [0.5, 0.6) is 0 Å². The molecule has 0 bridgehead atoms. The molecule has 1 aliphatic rings. The van der Waals surface area contributed by atoms with Crippen molar-refractivity contribution in [2.45, 2.75) is 31.4 Å². The van der Waals surface area contributed by atoms with E-state index < -0.39 is 0 Å². The summed E-state index contributed by atoms with van der Waals surface area (Å²) in [5, 5.41) is 3.38. The molecule has 3 rings (SSSR count). The van der Waals surface area contributed by atoms with Crippen LogP contribution in [-0.4, -0.2) is 28.9 Å². The standard InChI is InChI=1S/C16H23N3O2/c1-17-13(10-12-5-4-8-21-12)11-6-7-14-15(9-11)19(3)16(20)18(14)2/h6-7,9,12-13,17H,4-5,8,10H2,1-3H3. The highest BCUT2D eigenvalue weighted by atomic mass is 16.5. The summed E-state index contributed by atoms with van der Waals surface area (Å²) in [7, 11) is 5.61. The number of nitrogens with one attached hydrogen (secondary N) is 1. The van der Waals surface area contributed by atoms with Gasteiger partial charge >= 0.3 is 5.69 Å². The van der Waals surface area contributed by atoms with Crippen LogP contribution in [0.2, 0.25) is 0 Å². The normalized spacial score (nSPS) is 20.2. The highest BCUT2D eigenvalue weighted by molar-refractivity contribution is 5.77. The molecule has 0 spiro atoms. The molecule has 2 atom stereocenters. The maximum absolute atomic E-state index is 12.0. The molecule has 1 aliphatic heterocycles. The van der Waals surface area contributed by atoms with Crippen LogP contribution in [0.25, 0.3) is 11.0 Å². The van der Waals surface area contributed by atoms with Crippen molar-refractivity contribution in [3.63, 3.8) is 0 Å². The van der Waals surface area contributed by atoms with E-state index in [0.717, 1.165) is 36.9 Å². The van der Waals surface area contributed by atoms with Crippen LogP contribution in [0.1, 0.15) is 30.9 Å². The van der Waals surface area contributed by atoms with Crippen LogP contribution >= 0.6 is 0 Å². The van der Waals surface area contributed by atoms with Crippen LogP contribution in [0.3, 0.4) is 0 Å². The Hall–Kier alpha value is -1.59. The Balaban J connectivity index is 1.94. The molecule has 0 radical (unpaired) electrons. The molecule has 2 unspecified atom stereocenters. The first-order valence-electron chi connectivity index (χ1n) is 7.56. The van der Waals surface area contributed by atoms with E-state index >= 15 is 0 Å². The summed E-state index contributed by atoms with van der Waals surface area (Å²) in [6, 6.07) is 6.52. The minimum atomic E-state index is 0.0160. The summed E-state index contributed by atoms with van der Waals surface area (Å²) >= 11 is 0. The lowest BCUT2D eigenvalue weighted by Gasteiger charge is -2.20. The monoisotopic (exact) mass is 289 g/mol. The quantitative estimate of drug-likeness (QED) is 0.932. The van der Waals surface area contributed by atoms with E-state index in [1.165, 1.54) is 5.56 Å². The fourth-order valence-corrected chi connectivity index (χ4v) is 3.25. The maximum Gasteiger partial charge on any atom is 0.328 e. The van der Waals surface area contributed by atoms with Gasteiger partial charge in [-0.2, -0.15) is 0 Å². The third-order valence-electron chi connectivity index (χ3n) is 4.57. The van der Waals surface area contributed by atoms with Crippen molar-refractivity contribution >= 4 is 11.0 Å². The molecule has 1 fully saturated rings. The second kappa shape index (κ2) is 5.66. The predicted molar refractivity (Wildman–Crippen MR) is 83.6 cm³/mol. The van der Waals surface area contributed by atoms with Gasteiger partial charge in [0.05, 0.1) is 17.1 Å². The lowest BCUT2D eigenvalue weighted by molar-refractivity contribution is 0.0954. The van der Waals surface area contributed by atoms with E-state index in [1.807, 2.05) is 27.2 Å². The molecule has 1 saturated heterocycles.